The van der Waals surface area contributed by atoms with Gasteiger partial charge in [-0.3, -0.25) is 9.59 Å². The van der Waals surface area contributed by atoms with Crippen molar-refractivity contribution in [2.75, 3.05) is 18.4 Å². The summed E-state index contributed by atoms with van der Waals surface area (Å²) in [6, 6.07) is 12.7. The number of carbonyl (C=O) groups excluding carboxylic acids is 2. The zero-order valence-electron chi connectivity index (χ0n) is 16.4. The summed E-state index contributed by atoms with van der Waals surface area (Å²) < 4.78 is 0. The lowest BCUT2D eigenvalue weighted by molar-refractivity contribution is 0.0697. The largest absolute Gasteiger partial charge is 0.339 e. The van der Waals surface area contributed by atoms with Crippen LogP contribution in [0.5, 0.6) is 0 Å². The van der Waals surface area contributed by atoms with Gasteiger partial charge < -0.3 is 16.0 Å². The summed E-state index contributed by atoms with van der Waals surface area (Å²) in [7, 11) is 0. The van der Waals surface area contributed by atoms with Crippen LogP contribution in [-0.2, 0) is 6.54 Å². The lowest BCUT2D eigenvalue weighted by atomic mass is 9.98. The Labute approximate surface area is 172 Å². The van der Waals surface area contributed by atoms with Gasteiger partial charge >= 0.3 is 0 Å². The molecule has 0 bridgehead atoms. The number of piperidine rings is 1. The van der Waals surface area contributed by atoms with E-state index in [1.54, 1.807) is 24.3 Å². The van der Waals surface area contributed by atoms with Gasteiger partial charge in [0, 0.05) is 36.4 Å². The molecule has 0 aliphatic carbocycles. The zero-order chi connectivity index (χ0) is 19.4. The van der Waals surface area contributed by atoms with E-state index in [1.807, 2.05) is 30.0 Å². The van der Waals surface area contributed by atoms with E-state index in [4.69, 9.17) is 5.73 Å². The van der Waals surface area contributed by atoms with Crippen LogP contribution in [0.2, 0.25) is 0 Å². The smallest absolute Gasteiger partial charge is 0.255 e. The minimum Gasteiger partial charge on any atom is -0.339 e. The Morgan fingerprint density at radius 2 is 1.68 bits per heavy atom. The quantitative estimate of drug-likeness (QED) is 0.812. The summed E-state index contributed by atoms with van der Waals surface area (Å²) in [5.74, 6) is 0.582. The van der Waals surface area contributed by atoms with Crippen LogP contribution in [-0.4, -0.2) is 29.8 Å². The summed E-state index contributed by atoms with van der Waals surface area (Å²) in [6.45, 7) is 6.22. The molecule has 150 valence electrons. The molecular weight excluding hydrogens is 374 g/mol. The van der Waals surface area contributed by atoms with Crippen molar-refractivity contribution >= 4 is 29.9 Å². The number of benzene rings is 2. The second-order valence-corrected chi connectivity index (χ2v) is 7.36. The van der Waals surface area contributed by atoms with Crippen LogP contribution in [0.3, 0.4) is 0 Å². The minimum atomic E-state index is -0.175. The number of halogens is 1. The molecule has 2 amide bonds. The maximum absolute atomic E-state index is 12.7. The highest BCUT2D eigenvalue weighted by Crippen LogP contribution is 2.22. The van der Waals surface area contributed by atoms with Crippen molar-refractivity contribution in [3.8, 4) is 0 Å². The first-order chi connectivity index (χ1) is 13.0. The molecule has 1 heterocycles. The maximum atomic E-state index is 12.7. The molecule has 5 nitrogen and oxygen atoms in total. The Hall–Kier alpha value is -2.37. The molecule has 0 unspecified atom stereocenters. The molecule has 0 aromatic heterocycles. The van der Waals surface area contributed by atoms with Gasteiger partial charge in [-0.1, -0.05) is 19.1 Å². The van der Waals surface area contributed by atoms with Crippen molar-refractivity contribution in [1.29, 1.82) is 0 Å². The molecule has 1 saturated heterocycles. The SMILES string of the molecule is Cc1cc(C(=O)N2CCC(C)CC2)ccc1NC(=O)c1ccc(CN)cc1.Cl. The minimum absolute atomic E-state index is 0. The van der Waals surface area contributed by atoms with Crippen molar-refractivity contribution < 1.29 is 9.59 Å². The van der Waals surface area contributed by atoms with E-state index in [9.17, 15) is 9.59 Å². The number of carbonyl (C=O) groups is 2. The number of nitrogens with two attached hydrogens (primary N) is 1. The predicted molar refractivity (Wildman–Crippen MR) is 115 cm³/mol. The third kappa shape index (κ3) is 5.12. The highest BCUT2D eigenvalue weighted by Gasteiger charge is 2.21. The van der Waals surface area contributed by atoms with Crippen molar-refractivity contribution in [3.63, 3.8) is 0 Å². The van der Waals surface area contributed by atoms with Gasteiger partial charge in [-0.15, -0.1) is 12.4 Å². The van der Waals surface area contributed by atoms with Crippen LogP contribution in [0, 0.1) is 12.8 Å². The first-order valence-corrected chi connectivity index (χ1v) is 9.48. The Kier molecular flexibility index (Phi) is 7.61. The first-order valence-electron chi connectivity index (χ1n) is 9.48. The number of hydrogen-bond donors (Lipinski definition) is 2. The summed E-state index contributed by atoms with van der Waals surface area (Å²) in [5.41, 5.74) is 9.41. The van der Waals surface area contributed by atoms with Crippen LogP contribution in [0.25, 0.3) is 0 Å². The van der Waals surface area contributed by atoms with Crippen LogP contribution in [0.15, 0.2) is 42.5 Å². The Balaban J connectivity index is 0.00000280. The van der Waals surface area contributed by atoms with Crippen molar-refractivity contribution in [3.05, 3.63) is 64.7 Å². The van der Waals surface area contributed by atoms with E-state index in [-0.39, 0.29) is 24.2 Å². The van der Waals surface area contributed by atoms with Crippen molar-refractivity contribution in [2.24, 2.45) is 11.7 Å². The molecule has 1 fully saturated rings. The second-order valence-electron chi connectivity index (χ2n) is 7.36. The molecular formula is C22H28ClN3O2. The number of aryl methyl sites for hydroxylation is 1. The molecule has 3 N–H and O–H groups in total. The molecule has 6 heteroatoms. The predicted octanol–water partition coefficient (Wildman–Crippen LogP) is 4.00. The Morgan fingerprint density at radius 3 is 2.25 bits per heavy atom. The van der Waals surface area contributed by atoms with Gasteiger partial charge in [0.2, 0.25) is 0 Å². The van der Waals surface area contributed by atoms with Gasteiger partial charge in [-0.05, 0) is 67.1 Å². The average Bonchev–Trinajstić information content (AvgIpc) is 2.69. The van der Waals surface area contributed by atoms with E-state index in [1.165, 1.54) is 0 Å². The van der Waals surface area contributed by atoms with E-state index >= 15 is 0 Å². The van der Waals surface area contributed by atoms with Crippen LogP contribution >= 0.6 is 12.4 Å². The molecule has 3 rings (SSSR count). The molecule has 2 aromatic rings. The van der Waals surface area contributed by atoms with Crippen molar-refractivity contribution in [1.82, 2.24) is 4.90 Å². The maximum Gasteiger partial charge on any atom is 0.255 e. The van der Waals surface area contributed by atoms with Gasteiger partial charge in [-0.25, -0.2) is 0 Å². The molecule has 1 aliphatic rings. The van der Waals surface area contributed by atoms with Crippen LogP contribution < -0.4 is 11.1 Å². The molecule has 0 spiro atoms. The fourth-order valence-corrected chi connectivity index (χ4v) is 3.32. The lowest BCUT2D eigenvalue weighted by Gasteiger charge is -2.30. The number of likely N-dealkylation sites (tertiary alicyclic amines) is 1. The number of nitrogens with one attached hydrogen (secondary N) is 1. The molecule has 2 aromatic carbocycles. The second kappa shape index (κ2) is 9.71. The summed E-state index contributed by atoms with van der Waals surface area (Å²) in [6.07, 6.45) is 2.11. The molecule has 1 aliphatic heterocycles. The third-order valence-electron chi connectivity index (χ3n) is 5.24. The zero-order valence-corrected chi connectivity index (χ0v) is 17.2. The fraction of sp³-hybridized carbons (Fsp3) is 0.364. The first kappa shape index (κ1) is 21.9. The summed E-state index contributed by atoms with van der Waals surface area (Å²) in [4.78, 5) is 27.1. The summed E-state index contributed by atoms with van der Waals surface area (Å²) in [5, 5.41) is 2.92. The van der Waals surface area contributed by atoms with E-state index < -0.39 is 0 Å². The van der Waals surface area contributed by atoms with Crippen molar-refractivity contribution in [2.45, 2.75) is 33.2 Å². The van der Waals surface area contributed by atoms with Gasteiger partial charge in [0.15, 0.2) is 0 Å². The summed E-state index contributed by atoms with van der Waals surface area (Å²) >= 11 is 0. The van der Waals surface area contributed by atoms with E-state index in [2.05, 4.69) is 12.2 Å². The Bertz CT molecular complexity index is 828. The Morgan fingerprint density at radius 1 is 1.07 bits per heavy atom. The van der Waals surface area contributed by atoms with Gasteiger partial charge in [0.05, 0.1) is 0 Å². The molecule has 28 heavy (non-hydrogen) atoms. The monoisotopic (exact) mass is 401 g/mol. The third-order valence-corrected chi connectivity index (χ3v) is 5.24. The number of amides is 2. The van der Waals surface area contributed by atoms with Gasteiger partial charge in [0.1, 0.15) is 0 Å². The lowest BCUT2D eigenvalue weighted by Crippen LogP contribution is -2.37. The number of rotatable bonds is 4. The topological polar surface area (TPSA) is 75.4 Å². The number of anilines is 1. The highest BCUT2D eigenvalue weighted by molar-refractivity contribution is 6.05. The van der Waals surface area contributed by atoms with E-state index in [0.717, 1.165) is 37.1 Å². The number of hydrogen-bond acceptors (Lipinski definition) is 3. The van der Waals surface area contributed by atoms with Gasteiger partial charge in [-0.2, -0.15) is 0 Å². The fourth-order valence-electron chi connectivity index (χ4n) is 3.32. The van der Waals surface area contributed by atoms with Crippen LogP contribution in [0.1, 0.15) is 51.6 Å². The molecule has 0 radical (unpaired) electrons. The normalized spacial score (nSPS) is 14.3. The highest BCUT2D eigenvalue weighted by atomic mass is 35.5. The molecule has 0 saturated carbocycles. The molecule has 0 atom stereocenters. The standard InChI is InChI=1S/C22H27N3O2.ClH/c1-15-9-11-25(12-10-15)22(27)19-7-8-20(16(2)13-19)24-21(26)18-5-3-17(14-23)4-6-18;/h3-8,13,15H,9-12,14,23H2,1-2H3,(H,24,26);1H. The van der Waals surface area contributed by atoms with E-state index in [0.29, 0.717) is 29.3 Å². The van der Waals surface area contributed by atoms with Crippen LogP contribution in [0.4, 0.5) is 5.69 Å². The van der Waals surface area contributed by atoms with Gasteiger partial charge in [0.25, 0.3) is 11.8 Å². The average molecular weight is 402 g/mol. The number of nitrogens with zero attached hydrogens (tertiary/aromatic N) is 1.